The van der Waals surface area contributed by atoms with E-state index in [0.29, 0.717) is 18.0 Å². The van der Waals surface area contributed by atoms with Crippen molar-refractivity contribution in [1.82, 2.24) is 5.32 Å². The Morgan fingerprint density at radius 2 is 2.41 bits per heavy atom. The van der Waals surface area contributed by atoms with Crippen molar-refractivity contribution in [3.63, 3.8) is 0 Å². The monoisotopic (exact) mass is 237 g/mol. The van der Waals surface area contributed by atoms with Gasteiger partial charge >= 0.3 is 5.97 Å². The van der Waals surface area contributed by atoms with Crippen LogP contribution in [0.4, 0.5) is 0 Å². The lowest BCUT2D eigenvalue weighted by Gasteiger charge is -2.27. The molecule has 1 aromatic rings. The van der Waals surface area contributed by atoms with Crippen molar-refractivity contribution >= 4 is 5.97 Å². The quantitative estimate of drug-likeness (QED) is 0.845. The van der Waals surface area contributed by atoms with E-state index in [1.165, 1.54) is 19.1 Å². The molecule has 1 saturated carbocycles. The molecule has 0 saturated heterocycles. The number of carboxylic acid groups (broad SMARTS) is 1. The zero-order valence-electron chi connectivity index (χ0n) is 10.3. The van der Waals surface area contributed by atoms with Crippen LogP contribution in [-0.4, -0.2) is 17.1 Å². The lowest BCUT2D eigenvalue weighted by atomic mass is 9.87. The van der Waals surface area contributed by atoms with Gasteiger partial charge in [0, 0.05) is 18.2 Å². The van der Waals surface area contributed by atoms with Crippen LogP contribution < -0.4 is 5.32 Å². The van der Waals surface area contributed by atoms with Crippen LogP contribution in [0.2, 0.25) is 0 Å². The van der Waals surface area contributed by atoms with Crippen molar-refractivity contribution in [1.29, 1.82) is 0 Å². The van der Waals surface area contributed by atoms with Crippen molar-refractivity contribution in [2.24, 2.45) is 5.41 Å². The predicted molar refractivity (Wildman–Crippen MR) is 63.9 cm³/mol. The summed E-state index contributed by atoms with van der Waals surface area (Å²) in [5.41, 5.74) is 1.02. The molecule has 1 fully saturated rings. The SMILES string of the molecule is CC1(C)CCCC1NCc1ccoc1C(=O)O. The van der Waals surface area contributed by atoms with Gasteiger partial charge in [0.1, 0.15) is 0 Å². The first-order valence-electron chi connectivity index (χ1n) is 6.04. The van der Waals surface area contributed by atoms with Crippen LogP contribution in [0.5, 0.6) is 0 Å². The second kappa shape index (κ2) is 4.53. The Kier molecular flexibility index (Phi) is 3.24. The predicted octanol–water partition coefficient (Wildman–Crippen LogP) is 2.65. The minimum Gasteiger partial charge on any atom is -0.475 e. The summed E-state index contributed by atoms with van der Waals surface area (Å²) < 4.78 is 4.95. The van der Waals surface area contributed by atoms with Crippen LogP contribution in [0.15, 0.2) is 16.7 Å². The Hall–Kier alpha value is -1.29. The first-order chi connectivity index (χ1) is 8.00. The highest BCUT2D eigenvalue weighted by molar-refractivity contribution is 5.86. The summed E-state index contributed by atoms with van der Waals surface area (Å²) in [6, 6.07) is 2.18. The molecule has 1 heterocycles. The van der Waals surface area contributed by atoms with E-state index in [0.717, 1.165) is 12.0 Å². The van der Waals surface area contributed by atoms with Crippen LogP contribution in [0, 0.1) is 5.41 Å². The minimum atomic E-state index is -1.00. The van der Waals surface area contributed by atoms with E-state index >= 15 is 0 Å². The number of furan rings is 1. The van der Waals surface area contributed by atoms with Gasteiger partial charge in [0.2, 0.25) is 5.76 Å². The molecule has 94 valence electrons. The van der Waals surface area contributed by atoms with E-state index in [4.69, 9.17) is 9.52 Å². The van der Waals surface area contributed by atoms with Gasteiger partial charge in [-0.3, -0.25) is 0 Å². The third-order valence-corrected chi connectivity index (χ3v) is 3.74. The Morgan fingerprint density at radius 3 is 3.00 bits per heavy atom. The molecule has 0 aliphatic heterocycles. The lowest BCUT2D eigenvalue weighted by molar-refractivity contribution is 0.0660. The Labute approximate surface area is 101 Å². The summed E-state index contributed by atoms with van der Waals surface area (Å²) in [4.78, 5) is 10.9. The number of hydrogen-bond acceptors (Lipinski definition) is 3. The van der Waals surface area contributed by atoms with Gasteiger partial charge in [0.15, 0.2) is 0 Å². The van der Waals surface area contributed by atoms with E-state index in [1.807, 2.05) is 0 Å². The molecule has 0 radical (unpaired) electrons. The topological polar surface area (TPSA) is 62.5 Å². The first-order valence-corrected chi connectivity index (χ1v) is 6.04. The summed E-state index contributed by atoms with van der Waals surface area (Å²) in [7, 11) is 0. The average Bonchev–Trinajstić information content (AvgIpc) is 2.81. The number of carboxylic acids is 1. The largest absolute Gasteiger partial charge is 0.475 e. The van der Waals surface area contributed by atoms with E-state index in [-0.39, 0.29) is 5.76 Å². The average molecular weight is 237 g/mol. The van der Waals surface area contributed by atoms with Crippen molar-refractivity contribution in [2.75, 3.05) is 0 Å². The molecular weight excluding hydrogens is 218 g/mol. The number of carbonyl (C=O) groups is 1. The fourth-order valence-electron chi connectivity index (χ4n) is 2.60. The molecule has 1 unspecified atom stereocenters. The number of hydrogen-bond donors (Lipinski definition) is 2. The summed E-state index contributed by atoms with van der Waals surface area (Å²) in [6.07, 6.45) is 5.05. The third-order valence-electron chi connectivity index (χ3n) is 3.74. The molecule has 0 aromatic carbocycles. The van der Waals surface area contributed by atoms with Gasteiger partial charge in [0.25, 0.3) is 0 Å². The fraction of sp³-hybridized carbons (Fsp3) is 0.615. The zero-order valence-corrected chi connectivity index (χ0v) is 10.3. The zero-order chi connectivity index (χ0) is 12.5. The molecule has 0 spiro atoms. The van der Waals surface area contributed by atoms with Gasteiger partial charge in [-0.2, -0.15) is 0 Å². The maximum atomic E-state index is 10.9. The standard InChI is InChI=1S/C13H19NO3/c1-13(2)6-3-4-10(13)14-8-9-5-7-17-11(9)12(15)16/h5,7,10,14H,3-4,6,8H2,1-2H3,(H,15,16). The molecule has 17 heavy (non-hydrogen) atoms. The van der Waals surface area contributed by atoms with Gasteiger partial charge in [-0.1, -0.05) is 20.3 Å². The van der Waals surface area contributed by atoms with E-state index in [9.17, 15) is 4.79 Å². The second-order valence-electron chi connectivity index (χ2n) is 5.39. The molecule has 2 N–H and O–H groups in total. The number of aromatic carboxylic acids is 1. The van der Waals surface area contributed by atoms with Crippen LogP contribution in [0.1, 0.15) is 49.2 Å². The summed E-state index contributed by atoms with van der Waals surface area (Å²) in [5.74, 6) is -0.953. The molecule has 4 heteroatoms. The van der Waals surface area contributed by atoms with Crippen molar-refractivity contribution in [2.45, 2.75) is 45.7 Å². The minimum absolute atomic E-state index is 0.0494. The van der Waals surface area contributed by atoms with E-state index in [1.54, 1.807) is 6.07 Å². The Morgan fingerprint density at radius 1 is 1.65 bits per heavy atom. The third kappa shape index (κ3) is 2.52. The molecule has 1 aliphatic rings. The highest BCUT2D eigenvalue weighted by Crippen LogP contribution is 2.37. The first kappa shape index (κ1) is 12.2. The van der Waals surface area contributed by atoms with Gasteiger partial charge in [-0.25, -0.2) is 4.79 Å². The summed E-state index contributed by atoms with van der Waals surface area (Å²) >= 11 is 0. The maximum Gasteiger partial charge on any atom is 0.372 e. The molecule has 0 amide bonds. The van der Waals surface area contributed by atoms with Crippen LogP contribution in [0.3, 0.4) is 0 Å². The van der Waals surface area contributed by atoms with Crippen LogP contribution in [0.25, 0.3) is 0 Å². The Balaban J connectivity index is 1.98. The second-order valence-corrected chi connectivity index (χ2v) is 5.39. The Bertz CT molecular complexity index is 409. The molecule has 1 aromatic heterocycles. The molecule has 0 bridgehead atoms. The van der Waals surface area contributed by atoms with Gasteiger partial charge < -0.3 is 14.8 Å². The molecule has 1 atom stereocenters. The molecule has 1 aliphatic carbocycles. The number of nitrogens with one attached hydrogen (secondary N) is 1. The van der Waals surface area contributed by atoms with Gasteiger partial charge in [0.05, 0.1) is 6.26 Å². The van der Waals surface area contributed by atoms with Crippen molar-refractivity contribution in [3.8, 4) is 0 Å². The highest BCUT2D eigenvalue weighted by Gasteiger charge is 2.34. The van der Waals surface area contributed by atoms with Crippen LogP contribution >= 0.6 is 0 Å². The molecule has 4 nitrogen and oxygen atoms in total. The van der Waals surface area contributed by atoms with Gasteiger partial charge in [-0.15, -0.1) is 0 Å². The van der Waals surface area contributed by atoms with Crippen molar-refractivity contribution < 1.29 is 14.3 Å². The number of rotatable bonds is 4. The maximum absolute atomic E-state index is 10.9. The van der Waals surface area contributed by atoms with Gasteiger partial charge in [-0.05, 0) is 24.3 Å². The normalized spacial score (nSPS) is 22.8. The van der Waals surface area contributed by atoms with E-state index < -0.39 is 5.97 Å². The summed E-state index contributed by atoms with van der Waals surface area (Å²) in [5, 5.41) is 12.4. The highest BCUT2D eigenvalue weighted by atomic mass is 16.4. The molecule has 2 rings (SSSR count). The van der Waals surface area contributed by atoms with Crippen LogP contribution in [-0.2, 0) is 6.54 Å². The van der Waals surface area contributed by atoms with Crippen molar-refractivity contribution in [3.05, 3.63) is 23.7 Å². The fourth-order valence-corrected chi connectivity index (χ4v) is 2.60. The molecular formula is C13H19NO3. The summed E-state index contributed by atoms with van der Waals surface area (Å²) in [6.45, 7) is 5.07. The lowest BCUT2D eigenvalue weighted by Crippen LogP contribution is -2.37. The smallest absolute Gasteiger partial charge is 0.372 e. The van der Waals surface area contributed by atoms with E-state index in [2.05, 4.69) is 19.2 Å².